The zero-order valence-electron chi connectivity index (χ0n) is 5.35. The van der Waals surface area contributed by atoms with Crippen molar-refractivity contribution in [2.45, 2.75) is 19.3 Å². The number of hydrogen-bond acceptors (Lipinski definition) is 1. The largest absolute Gasteiger partial charge is 0.279 e. The van der Waals surface area contributed by atoms with E-state index >= 15 is 0 Å². The summed E-state index contributed by atoms with van der Waals surface area (Å²) in [6.45, 7) is 0.665. The van der Waals surface area contributed by atoms with Gasteiger partial charge < -0.3 is 0 Å². The standard InChI is InChI=1S/C7H11ClO/c8-9-6-7-4-2-1-3-5-7/h2,4,7H,1,3,5-6H2. The Balaban J connectivity index is 2.23. The molecule has 0 saturated carbocycles. The molecule has 0 N–H and O–H groups in total. The van der Waals surface area contributed by atoms with Crippen LogP contribution in [-0.2, 0) is 4.29 Å². The molecule has 0 aromatic carbocycles. The maximum absolute atomic E-state index is 5.10. The molecule has 1 atom stereocenters. The SMILES string of the molecule is ClOCC1C=CCCC1. The molecule has 0 aromatic heterocycles. The third-order valence-electron chi connectivity index (χ3n) is 1.63. The summed E-state index contributed by atoms with van der Waals surface area (Å²) >= 11 is 5.10. The second-order valence-corrected chi connectivity index (χ2v) is 2.61. The van der Waals surface area contributed by atoms with Gasteiger partial charge in [0.05, 0.1) is 18.5 Å². The monoisotopic (exact) mass is 146 g/mol. The Hall–Kier alpha value is -0.0100. The third kappa shape index (κ3) is 2.37. The molecular weight excluding hydrogens is 136 g/mol. The van der Waals surface area contributed by atoms with E-state index in [0.717, 1.165) is 0 Å². The van der Waals surface area contributed by atoms with Gasteiger partial charge in [-0.15, -0.1) is 0 Å². The lowest BCUT2D eigenvalue weighted by Gasteiger charge is -2.12. The molecule has 1 rings (SSSR count). The first-order valence-electron chi connectivity index (χ1n) is 3.33. The summed E-state index contributed by atoms with van der Waals surface area (Å²) in [5.74, 6) is 0.566. The van der Waals surface area contributed by atoms with Crippen molar-refractivity contribution in [3.05, 3.63) is 12.2 Å². The second-order valence-electron chi connectivity index (χ2n) is 2.39. The van der Waals surface area contributed by atoms with Crippen LogP contribution in [0.3, 0.4) is 0 Å². The van der Waals surface area contributed by atoms with E-state index in [1.54, 1.807) is 0 Å². The van der Waals surface area contributed by atoms with Crippen molar-refractivity contribution in [3.8, 4) is 0 Å². The summed E-state index contributed by atoms with van der Waals surface area (Å²) in [5, 5.41) is 0. The summed E-state index contributed by atoms with van der Waals surface area (Å²) < 4.78 is 4.50. The summed E-state index contributed by atoms with van der Waals surface area (Å²) in [5.41, 5.74) is 0. The van der Waals surface area contributed by atoms with Crippen LogP contribution >= 0.6 is 11.9 Å². The fourth-order valence-electron chi connectivity index (χ4n) is 1.10. The maximum atomic E-state index is 5.10. The Morgan fingerprint density at radius 1 is 1.67 bits per heavy atom. The molecule has 1 unspecified atom stereocenters. The molecule has 0 amide bonds. The van der Waals surface area contributed by atoms with Crippen LogP contribution in [0, 0.1) is 5.92 Å². The summed E-state index contributed by atoms with van der Waals surface area (Å²) in [6, 6.07) is 0. The zero-order valence-corrected chi connectivity index (χ0v) is 6.10. The van der Waals surface area contributed by atoms with Crippen LogP contribution in [-0.4, -0.2) is 6.61 Å². The summed E-state index contributed by atoms with van der Waals surface area (Å²) in [4.78, 5) is 0. The van der Waals surface area contributed by atoms with E-state index in [4.69, 9.17) is 11.9 Å². The molecule has 52 valence electrons. The van der Waals surface area contributed by atoms with Gasteiger partial charge in [0, 0.05) is 5.92 Å². The predicted octanol–water partition coefficient (Wildman–Crippen LogP) is 2.51. The molecule has 2 heteroatoms. The smallest absolute Gasteiger partial charge is 0.0745 e. The fourth-order valence-corrected chi connectivity index (χ4v) is 1.26. The minimum Gasteiger partial charge on any atom is -0.279 e. The van der Waals surface area contributed by atoms with Gasteiger partial charge in [-0.2, -0.15) is 0 Å². The van der Waals surface area contributed by atoms with E-state index in [1.807, 2.05) is 0 Å². The first-order valence-corrected chi connectivity index (χ1v) is 3.64. The highest BCUT2D eigenvalue weighted by Gasteiger charge is 2.06. The van der Waals surface area contributed by atoms with Crippen molar-refractivity contribution in [1.82, 2.24) is 0 Å². The molecule has 0 radical (unpaired) electrons. The molecule has 0 spiro atoms. The Morgan fingerprint density at radius 3 is 3.11 bits per heavy atom. The fraction of sp³-hybridized carbons (Fsp3) is 0.714. The van der Waals surface area contributed by atoms with Crippen molar-refractivity contribution >= 4 is 11.9 Å². The van der Waals surface area contributed by atoms with Crippen LogP contribution in [0.25, 0.3) is 0 Å². The highest BCUT2D eigenvalue weighted by atomic mass is 35.5. The summed E-state index contributed by atoms with van der Waals surface area (Å²) in [6.07, 6.45) is 8.11. The van der Waals surface area contributed by atoms with Gasteiger partial charge in [-0.3, -0.25) is 4.29 Å². The van der Waals surface area contributed by atoms with Crippen molar-refractivity contribution in [2.24, 2.45) is 5.92 Å². The lowest BCUT2D eigenvalue weighted by molar-refractivity contribution is 0.287. The van der Waals surface area contributed by atoms with Crippen LogP contribution in [0.15, 0.2) is 12.2 Å². The van der Waals surface area contributed by atoms with E-state index in [1.165, 1.54) is 19.3 Å². The zero-order chi connectivity index (χ0) is 6.53. The Kier molecular flexibility index (Phi) is 3.09. The molecule has 1 aliphatic carbocycles. The van der Waals surface area contributed by atoms with Gasteiger partial charge in [0.1, 0.15) is 0 Å². The normalized spacial score (nSPS) is 26.6. The molecule has 0 aromatic rings. The van der Waals surface area contributed by atoms with Crippen LogP contribution in [0.2, 0.25) is 0 Å². The van der Waals surface area contributed by atoms with E-state index in [-0.39, 0.29) is 0 Å². The van der Waals surface area contributed by atoms with Gasteiger partial charge in [-0.25, -0.2) is 0 Å². The molecule has 1 aliphatic rings. The Bertz CT molecular complexity index is 101. The minimum absolute atomic E-state index is 0.566. The number of halogens is 1. The molecule has 0 fully saturated rings. The molecule has 1 nitrogen and oxygen atoms in total. The topological polar surface area (TPSA) is 9.23 Å². The highest BCUT2D eigenvalue weighted by Crippen LogP contribution is 2.17. The van der Waals surface area contributed by atoms with Crippen molar-refractivity contribution < 1.29 is 4.29 Å². The van der Waals surface area contributed by atoms with E-state index < -0.39 is 0 Å². The van der Waals surface area contributed by atoms with Gasteiger partial charge in [0.25, 0.3) is 0 Å². The van der Waals surface area contributed by atoms with Crippen LogP contribution in [0.4, 0.5) is 0 Å². The molecule has 0 heterocycles. The van der Waals surface area contributed by atoms with Gasteiger partial charge in [0.2, 0.25) is 0 Å². The molecule has 0 aliphatic heterocycles. The lowest BCUT2D eigenvalue weighted by atomic mass is 9.97. The van der Waals surface area contributed by atoms with E-state index in [0.29, 0.717) is 12.5 Å². The number of rotatable bonds is 2. The first kappa shape index (κ1) is 7.10. The van der Waals surface area contributed by atoms with Crippen molar-refractivity contribution in [1.29, 1.82) is 0 Å². The van der Waals surface area contributed by atoms with Crippen molar-refractivity contribution in [2.75, 3.05) is 6.61 Å². The van der Waals surface area contributed by atoms with Gasteiger partial charge in [-0.1, -0.05) is 12.2 Å². The molecule has 9 heavy (non-hydrogen) atoms. The van der Waals surface area contributed by atoms with Crippen LogP contribution < -0.4 is 0 Å². The quantitative estimate of drug-likeness (QED) is 0.544. The van der Waals surface area contributed by atoms with Crippen LogP contribution in [0.1, 0.15) is 19.3 Å². The Morgan fingerprint density at radius 2 is 2.56 bits per heavy atom. The van der Waals surface area contributed by atoms with E-state index in [9.17, 15) is 0 Å². The maximum Gasteiger partial charge on any atom is 0.0745 e. The van der Waals surface area contributed by atoms with Crippen molar-refractivity contribution in [3.63, 3.8) is 0 Å². The molecular formula is C7H11ClO. The average Bonchev–Trinajstić information content (AvgIpc) is 1.91. The van der Waals surface area contributed by atoms with Gasteiger partial charge >= 0.3 is 0 Å². The Labute approximate surface area is 60.8 Å². The second kappa shape index (κ2) is 3.91. The number of allylic oxidation sites excluding steroid dienone is 1. The summed E-state index contributed by atoms with van der Waals surface area (Å²) in [7, 11) is 0. The average molecular weight is 147 g/mol. The van der Waals surface area contributed by atoms with Gasteiger partial charge in [-0.05, 0) is 19.3 Å². The lowest BCUT2D eigenvalue weighted by Crippen LogP contribution is -2.05. The van der Waals surface area contributed by atoms with Gasteiger partial charge in [0.15, 0.2) is 0 Å². The first-order chi connectivity index (χ1) is 4.43. The van der Waals surface area contributed by atoms with Crippen LogP contribution in [0.5, 0.6) is 0 Å². The van der Waals surface area contributed by atoms with E-state index in [2.05, 4.69) is 16.4 Å². The molecule has 0 bridgehead atoms. The predicted molar refractivity (Wildman–Crippen MR) is 38.3 cm³/mol. The number of hydrogen-bond donors (Lipinski definition) is 0. The third-order valence-corrected chi connectivity index (χ3v) is 1.76. The molecule has 0 saturated heterocycles. The minimum atomic E-state index is 0.566. The highest BCUT2D eigenvalue weighted by molar-refractivity contribution is 6.07.